The average molecular weight is 360 g/mol. The largest absolute Gasteiger partial charge is 0.363 e. The van der Waals surface area contributed by atoms with E-state index in [9.17, 15) is 5.11 Å². The van der Waals surface area contributed by atoms with Gasteiger partial charge < -0.3 is 15.3 Å². The number of nitrogens with zero attached hydrogens (tertiary/aromatic N) is 1. The minimum Gasteiger partial charge on any atom is -0.363 e. The van der Waals surface area contributed by atoms with Gasteiger partial charge in [0.2, 0.25) is 0 Å². The van der Waals surface area contributed by atoms with Gasteiger partial charge in [0, 0.05) is 23.4 Å². The van der Waals surface area contributed by atoms with Crippen molar-refractivity contribution in [3.63, 3.8) is 0 Å². The second kappa shape index (κ2) is 6.56. The molecule has 130 valence electrons. The van der Waals surface area contributed by atoms with Crippen molar-refractivity contribution < 1.29 is 5.11 Å². The van der Waals surface area contributed by atoms with Crippen LogP contribution in [-0.2, 0) is 12.3 Å². The predicted octanol–water partition coefficient (Wildman–Crippen LogP) is 4.40. The number of rotatable bonds is 3. The molecule has 1 heterocycles. The molecule has 2 N–H and O–H groups in total. The number of aliphatic hydroxyl groups is 1. The first kappa shape index (κ1) is 16.8. The molecule has 0 radical (unpaired) electrons. The van der Waals surface area contributed by atoms with Gasteiger partial charge in [0.05, 0.1) is 0 Å². The Morgan fingerprint density at radius 3 is 2.31 bits per heavy atom. The highest BCUT2D eigenvalue weighted by molar-refractivity contribution is 7.80. The van der Waals surface area contributed by atoms with E-state index in [1.165, 1.54) is 0 Å². The second-order valence-electron chi connectivity index (χ2n) is 6.59. The van der Waals surface area contributed by atoms with E-state index in [1.54, 1.807) is 0 Å². The van der Waals surface area contributed by atoms with Crippen molar-refractivity contribution in [1.82, 2.24) is 4.90 Å². The lowest BCUT2D eigenvalue weighted by Crippen LogP contribution is -2.54. The fraction of sp³-hybridized carbons (Fsp3) is 0.136. The van der Waals surface area contributed by atoms with Crippen molar-refractivity contribution in [2.24, 2.45) is 0 Å². The molecule has 3 nitrogen and oxygen atoms in total. The van der Waals surface area contributed by atoms with Crippen molar-refractivity contribution in [2.45, 2.75) is 19.2 Å². The number of benzene rings is 3. The van der Waals surface area contributed by atoms with E-state index in [0.717, 1.165) is 27.9 Å². The van der Waals surface area contributed by atoms with E-state index in [0.29, 0.717) is 11.7 Å². The highest BCUT2D eigenvalue weighted by Gasteiger charge is 2.44. The number of nitrogens with one attached hydrogen (secondary N) is 1. The fourth-order valence-electron chi connectivity index (χ4n) is 3.42. The Morgan fingerprint density at radius 1 is 0.923 bits per heavy atom. The van der Waals surface area contributed by atoms with Crippen molar-refractivity contribution in [2.75, 3.05) is 5.32 Å². The molecule has 4 rings (SSSR count). The van der Waals surface area contributed by atoms with Crippen molar-refractivity contribution in [3.8, 4) is 0 Å². The number of fused-ring (bicyclic) bond motifs is 1. The van der Waals surface area contributed by atoms with Crippen LogP contribution in [0, 0.1) is 6.92 Å². The molecule has 0 saturated heterocycles. The zero-order valence-corrected chi connectivity index (χ0v) is 15.3. The number of aryl methyl sites for hydroxylation is 1. The lowest BCUT2D eigenvalue weighted by molar-refractivity contribution is -0.0429. The predicted molar refractivity (Wildman–Crippen MR) is 109 cm³/mol. The maximum atomic E-state index is 12.0. The van der Waals surface area contributed by atoms with E-state index >= 15 is 0 Å². The van der Waals surface area contributed by atoms with Crippen LogP contribution in [0.5, 0.6) is 0 Å². The van der Waals surface area contributed by atoms with Gasteiger partial charge in [0.15, 0.2) is 10.8 Å². The SMILES string of the molecule is Cc1ccc([C@@]2(O)c3ccccc3NC(=S)N2Cc2ccccc2)cc1. The number of anilines is 1. The topological polar surface area (TPSA) is 35.5 Å². The van der Waals surface area contributed by atoms with Crippen LogP contribution in [0.15, 0.2) is 78.9 Å². The molecule has 0 unspecified atom stereocenters. The molecule has 26 heavy (non-hydrogen) atoms. The summed E-state index contributed by atoms with van der Waals surface area (Å²) >= 11 is 5.63. The molecule has 0 fully saturated rings. The van der Waals surface area contributed by atoms with Gasteiger partial charge in [0.25, 0.3) is 0 Å². The van der Waals surface area contributed by atoms with Gasteiger partial charge in [-0.05, 0) is 30.8 Å². The summed E-state index contributed by atoms with van der Waals surface area (Å²) in [5.41, 5.74) is 3.34. The highest BCUT2D eigenvalue weighted by Crippen LogP contribution is 2.42. The van der Waals surface area contributed by atoms with Gasteiger partial charge in [-0.2, -0.15) is 0 Å². The quantitative estimate of drug-likeness (QED) is 0.679. The number of para-hydroxylation sites is 1. The Labute approximate surface area is 158 Å². The summed E-state index contributed by atoms with van der Waals surface area (Å²) in [4.78, 5) is 1.85. The third-order valence-electron chi connectivity index (χ3n) is 4.82. The van der Waals surface area contributed by atoms with Crippen LogP contribution in [-0.4, -0.2) is 15.1 Å². The molecule has 1 aliphatic rings. The smallest absolute Gasteiger partial charge is 0.195 e. The Morgan fingerprint density at radius 2 is 1.58 bits per heavy atom. The minimum absolute atomic E-state index is 0.505. The molecule has 0 saturated carbocycles. The third kappa shape index (κ3) is 2.77. The molecule has 1 aliphatic heterocycles. The van der Waals surface area contributed by atoms with Gasteiger partial charge in [-0.1, -0.05) is 78.4 Å². The third-order valence-corrected chi connectivity index (χ3v) is 5.14. The second-order valence-corrected chi connectivity index (χ2v) is 6.97. The average Bonchev–Trinajstić information content (AvgIpc) is 2.66. The lowest BCUT2D eigenvalue weighted by Gasteiger charge is -2.46. The van der Waals surface area contributed by atoms with Gasteiger partial charge >= 0.3 is 0 Å². The summed E-state index contributed by atoms with van der Waals surface area (Å²) in [5, 5.41) is 15.7. The first-order chi connectivity index (χ1) is 12.6. The maximum Gasteiger partial charge on any atom is 0.195 e. The van der Waals surface area contributed by atoms with E-state index in [4.69, 9.17) is 12.2 Å². The van der Waals surface area contributed by atoms with Crippen LogP contribution in [0.1, 0.15) is 22.3 Å². The van der Waals surface area contributed by atoms with Crippen LogP contribution in [0.4, 0.5) is 5.69 Å². The minimum atomic E-state index is -1.33. The van der Waals surface area contributed by atoms with Crippen molar-refractivity contribution >= 4 is 23.0 Å². The summed E-state index contributed by atoms with van der Waals surface area (Å²) in [6, 6.07) is 25.8. The molecular weight excluding hydrogens is 340 g/mol. The molecule has 1 atom stereocenters. The fourth-order valence-corrected chi connectivity index (χ4v) is 3.73. The molecule has 0 spiro atoms. The molecular formula is C22H20N2OS. The zero-order chi connectivity index (χ0) is 18.1. The number of hydrogen-bond donors (Lipinski definition) is 2. The molecule has 0 aliphatic carbocycles. The Balaban J connectivity index is 1.88. The number of thiocarbonyl (C=S) groups is 1. The Bertz CT molecular complexity index is 940. The van der Waals surface area contributed by atoms with Gasteiger partial charge in [0.1, 0.15) is 0 Å². The summed E-state index contributed by atoms with van der Waals surface area (Å²) < 4.78 is 0. The van der Waals surface area contributed by atoms with Crippen LogP contribution < -0.4 is 5.32 Å². The van der Waals surface area contributed by atoms with Crippen LogP contribution in [0.2, 0.25) is 0 Å². The summed E-state index contributed by atoms with van der Waals surface area (Å²) in [6.07, 6.45) is 0. The van der Waals surface area contributed by atoms with Crippen LogP contribution in [0.3, 0.4) is 0 Å². The number of hydrogen-bond acceptors (Lipinski definition) is 2. The molecule has 3 aromatic rings. The van der Waals surface area contributed by atoms with Crippen molar-refractivity contribution in [1.29, 1.82) is 0 Å². The van der Waals surface area contributed by atoms with E-state index in [-0.39, 0.29) is 0 Å². The van der Waals surface area contributed by atoms with Crippen LogP contribution in [0.25, 0.3) is 0 Å². The highest BCUT2D eigenvalue weighted by atomic mass is 32.1. The molecule has 3 aromatic carbocycles. The molecule has 0 bridgehead atoms. The van der Waals surface area contributed by atoms with E-state index < -0.39 is 5.72 Å². The molecule has 4 heteroatoms. The lowest BCUT2D eigenvalue weighted by atomic mass is 9.89. The first-order valence-corrected chi connectivity index (χ1v) is 9.01. The van der Waals surface area contributed by atoms with E-state index in [2.05, 4.69) is 5.32 Å². The monoisotopic (exact) mass is 360 g/mol. The zero-order valence-electron chi connectivity index (χ0n) is 14.5. The summed E-state index contributed by atoms with van der Waals surface area (Å²) in [5.74, 6) is 0. The normalized spacial score (nSPS) is 19.0. The van der Waals surface area contributed by atoms with E-state index in [1.807, 2.05) is 90.7 Å². The Kier molecular flexibility index (Phi) is 4.23. The molecule has 0 amide bonds. The summed E-state index contributed by atoms with van der Waals surface area (Å²) in [7, 11) is 0. The molecule has 0 aromatic heterocycles. The van der Waals surface area contributed by atoms with Crippen LogP contribution >= 0.6 is 12.2 Å². The first-order valence-electron chi connectivity index (χ1n) is 8.60. The van der Waals surface area contributed by atoms with Gasteiger partial charge in [-0.3, -0.25) is 0 Å². The van der Waals surface area contributed by atoms with Gasteiger partial charge in [-0.15, -0.1) is 0 Å². The maximum absolute atomic E-state index is 12.0. The summed E-state index contributed by atoms with van der Waals surface area (Å²) in [6.45, 7) is 2.54. The van der Waals surface area contributed by atoms with Crippen molar-refractivity contribution in [3.05, 3.63) is 101 Å². The standard InChI is InChI=1S/C22H20N2OS/c1-16-11-13-18(14-12-16)22(25)19-9-5-6-10-20(19)23-21(26)24(22)15-17-7-3-2-4-8-17/h2-14,25H,15H2,1H3,(H,23,26)/t22-/m1/s1. The van der Waals surface area contributed by atoms with Gasteiger partial charge in [-0.25, -0.2) is 0 Å². The Hall–Kier alpha value is -2.69.